The zero-order chi connectivity index (χ0) is 16.1. The lowest BCUT2D eigenvalue weighted by Crippen LogP contribution is -2.24. The van der Waals surface area contributed by atoms with Gasteiger partial charge in [0.2, 0.25) is 0 Å². The van der Waals surface area contributed by atoms with Gasteiger partial charge in [-0.25, -0.2) is 9.18 Å². The summed E-state index contributed by atoms with van der Waals surface area (Å²) in [5.74, 6) is -0.138. The van der Waals surface area contributed by atoms with Crippen LogP contribution in [0, 0.1) is 12.7 Å². The minimum Gasteiger partial charge on any atom is -0.444 e. The van der Waals surface area contributed by atoms with E-state index < -0.39 is 18.2 Å². The molecule has 1 amide bonds. The van der Waals surface area contributed by atoms with Crippen LogP contribution in [0.1, 0.15) is 24.3 Å². The normalized spacial score (nSPS) is 22.3. The molecule has 2 aliphatic rings. The van der Waals surface area contributed by atoms with Crippen LogP contribution < -0.4 is 4.90 Å². The van der Waals surface area contributed by atoms with Gasteiger partial charge in [-0.3, -0.25) is 4.90 Å². The van der Waals surface area contributed by atoms with Gasteiger partial charge < -0.3 is 18.7 Å². The first-order valence-electron chi connectivity index (χ1n) is 7.36. The van der Waals surface area contributed by atoms with E-state index in [9.17, 15) is 9.18 Å². The number of ether oxygens (including phenoxy) is 3. The summed E-state index contributed by atoms with van der Waals surface area (Å²) in [6.07, 6.45) is -1.49. The summed E-state index contributed by atoms with van der Waals surface area (Å²) in [4.78, 5) is 13.3. The van der Waals surface area contributed by atoms with Gasteiger partial charge in [0.05, 0.1) is 25.1 Å². The van der Waals surface area contributed by atoms with Gasteiger partial charge in [0.1, 0.15) is 11.9 Å². The van der Waals surface area contributed by atoms with Crippen molar-refractivity contribution in [3.05, 3.63) is 23.0 Å². The zero-order valence-electron chi connectivity index (χ0n) is 12.7. The molecule has 0 N–H and O–H groups in total. The molecular weight excluding hydrogens is 307 g/mol. The third kappa shape index (κ3) is 2.17. The van der Waals surface area contributed by atoms with Gasteiger partial charge in [0, 0.05) is 11.1 Å². The highest BCUT2D eigenvalue weighted by Gasteiger charge is 2.34. The van der Waals surface area contributed by atoms with Gasteiger partial charge in [-0.2, -0.15) is 0 Å². The summed E-state index contributed by atoms with van der Waals surface area (Å²) in [6, 6.07) is 1.57. The Balaban J connectivity index is 1.86. The highest BCUT2D eigenvalue weighted by Crippen LogP contribution is 2.37. The van der Waals surface area contributed by atoms with Crippen molar-refractivity contribution in [3.63, 3.8) is 0 Å². The molecule has 0 spiro atoms. The van der Waals surface area contributed by atoms with Crippen LogP contribution in [0.2, 0.25) is 0 Å². The molecule has 1 aromatic heterocycles. The maximum Gasteiger partial charge on any atom is 0.416 e. The summed E-state index contributed by atoms with van der Waals surface area (Å²) in [7, 11) is 0. The van der Waals surface area contributed by atoms with Crippen molar-refractivity contribution in [2.24, 2.45) is 0 Å². The van der Waals surface area contributed by atoms with E-state index in [0.717, 1.165) is 0 Å². The van der Waals surface area contributed by atoms with Crippen LogP contribution in [0.4, 0.5) is 15.0 Å². The smallest absolute Gasteiger partial charge is 0.416 e. The lowest BCUT2D eigenvalue weighted by Gasteiger charge is -2.13. The predicted molar refractivity (Wildman–Crippen MR) is 76.6 cm³/mol. The Labute approximate surface area is 130 Å². The largest absolute Gasteiger partial charge is 0.444 e. The van der Waals surface area contributed by atoms with Gasteiger partial charge in [-0.15, -0.1) is 0 Å². The van der Waals surface area contributed by atoms with Crippen LogP contribution in [-0.4, -0.2) is 37.1 Å². The van der Waals surface area contributed by atoms with Crippen molar-refractivity contribution >= 4 is 22.9 Å². The van der Waals surface area contributed by atoms with E-state index in [1.165, 1.54) is 4.90 Å². The maximum absolute atomic E-state index is 14.6. The highest BCUT2D eigenvalue weighted by molar-refractivity contribution is 6.00. The van der Waals surface area contributed by atoms with E-state index in [0.29, 0.717) is 42.1 Å². The van der Waals surface area contributed by atoms with E-state index in [-0.39, 0.29) is 11.7 Å². The molecule has 23 heavy (non-hydrogen) atoms. The van der Waals surface area contributed by atoms with Crippen LogP contribution in [0.25, 0.3) is 11.0 Å². The van der Waals surface area contributed by atoms with Crippen LogP contribution in [0.15, 0.2) is 10.6 Å². The van der Waals surface area contributed by atoms with Crippen LogP contribution in [0.5, 0.6) is 0 Å². The number of carbonyl (C=O) groups excluding carboxylic acids is 1. The first-order chi connectivity index (χ1) is 11.1. The molecule has 1 atom stereocenters. The predicted octanol–water partition coefficient (Wildman–Crippen LogP) is 2.67. The Bertz CT molecular complexity index is 784. The summed E-state index contributed by atoms with van der Waals surface area (Å²) in [5, 5.41) is 4.47. The molecule has 7 nitrogen and oxygen atoms in total. The van der Waals surface area contributed by atoms with Crippen LogP contribution in [0.3, 0.4) is 0 Å². The SMILES string of the molecule is Cc1c(F)c(C2OCCO2)cc2c(N3C[C@@H](C)OC3=O)noc12. The minimum atomic E-state index is -0.759. The number of nitrogens with zero attached hydrogens (tertiary/aromatic N) is 2. The quantitative estimate of drug-likeness (QED) is 0.846. The Morgan fingerprint density at radius 2 is 2.09 bits per heavy atom. The van der Waals surface area contributed by atoms with Crippen molar-refractivity contribution in [2.45, 2.75) is 26.2 Å². The third-order valence-electron chi connectivity index (χ3n) is 4.03. The van der Waals surface area contributed by atoms with Crippen molar-refractivity contribution in [2.75, 3.05) is 24.7 Å². The van der Waals surface area contributed by atoms with Crippen LogP contribution in [-0.2, 0) is 14.2 Å². The van der Waals surface area contributed by atoms with Crippen molar-refractivity contribution in [3.8, 4) is 0 Å². The number of rotatable bonds is 2. The van der Waals surface area contributed by atoms with E-state index >= 15 is 0 Å². The molecule has 0 bridgehead atoms. The molecule has 2 fully saturated rings. The Morgan fingerprint density at radius 3 is 2.74 bits per heavy atom. The molecule has 0 radical (unpaired) electrons. The molecular formula is C15H15FN2O5. The first-order valence-corrected chi connectivity index (χ1v) is 7.36. The number of anilines is 1. The number of carbonyl (C=O) groups is 1. The van der Waals surface area contributed by atoms with Crippen molar-refractivity contribution < 1.29 is 27.9 Å². The fourth-order valence-corrected chi connectivity index (χ4v) is 2.91. The third-order valence-corrected chi connectivity index (χ3v) is 4.03. The topological polar surface area (TPSA) is 74.0 Å². The first kappa shape index (κ1) is 14.4. The molecule has 0 saturated carbocycles. The zero-order valence-corrected chi connectivity index (χ0v) is 12.7. The standard InChI is InChI=1S/C15H15FN2O5/c1-7-6-18(15(19)22-7)13-10-5-9(14-20-3-4-21-14)11(16)8(2)12(10)23-17-13/h5,7,14H,3-4,6H2,1-2H3/t7-/m1/s1. The van der Waals surface area contributed by atoms with Crippen LogP contribution >= 0.6 is 0 Å². The lowest BCUT2D eigenvalue weighted by atomic mass is 10.1. The molecule has 2 aromatic rings. The van der Waals surface area contributed by atoms with Gasteiger partial charge in [0.25, 0.3) is 0 Å². The maximum atomic E-state index is 14.6. The molecule has 0 unspecified atom stereocenters. The molecule has 2 aliphatic heterocycles. The number of aryl methyl sites for hydroxylation is 1. The van der Waals surface area contributed by atoms with Crippen molar-refractivity contribution in [1.29, 1.82) is 0 Å². The lowest BCUT2D eigenvalue weighted by molar-refractivity contribution is -0.0464. The monoisotopic (exact) mass is 322 g/mol. The molecule has 3 heterocycles. The molecule has 1 aromatic carbocycles. The number of benzene rings is 1. The fraction of sp³-hybridized carbons (Fsp3) is 0.467. The average Bonchev–Trinajstić information content (AvgIpc) is 3.22. The minimum absolute atomic E-state index is 0.239. The average molecular weight is 322 g/mol. The number of amides is 1. The Kier molecular flexibility index (Phi) is 3.24. The van der Waals surface area contributed by atoms with E-state index in [4.69, 9.17) is 18.7 Å². The fourth-order valence-electron chi connectivity index (χ4n) is 2.91. The second kappa shape index (κ2) is 5.17. The molecule has 8 heteroatoms. The van der Waals surface area contributed by atoms with E-state index in [1.807, 2.05) is 0 Å². The van der Waals surface area contributed by atoms with E-state index in [2.05, 4.69) is 5.16 Å². The summed E-state index contributed by atoms with van der Waals surface area (Å²) in [6.45, 7) is 4.57. The highest BCUT2D eigenvalue weighted by atomic mass is 19.1. The summed E-state index contributed by atoms with van der Waals surface area (Å²) >= 11 is 0. The van der Waals surface area contributed by atoms with Gasteiger partial charge >= 0.3 is 6.09 Å². The Morgan fingerprint density at radius 1 is 1.35 bits per heavy atom. The summed E-state index contributed by atoms with van der Waals surface area (Å²) < 4.78 is 35.7. The number of hydrogen-bond donors (Lipinski definition) is 0. The number of fused-ring (bicyclic) bond motifs is 1. The molecule has 4 rings (SSSR count). The number of hydrogen-bond acceptors (Lipinski definition) is 6. The van der Waals surface area contributed by atoms with E-state index in [1.54, 1.807) is 19.9 Å². The number of cyclic esters (lactones) is 1. The summed E-state index contributed by atoms with van der Waals surface area (Å²) in [5.41, 5.74) is 0.875. The molecule has 0 aliphatic carbocycles. The Hall–Kier alpha value is -2.19. The van der Waals surface area contributed by atoms with Gasteiger partial charge in [-0.05, 0) is 19.9 Å². The number of halogens is 1. The molecule has 122 valence electrons. The van der Waals surface area contributed by atoms with Crippen molar-refractivity contribution in [1.82, 2.24) is 5.16 Å². The molecule has 2 saturated heterocycles. The van der Waals surface area contributed by atoms with Gasteiger partial charge in [0.15, 0.2) is 17.7 Å². The number of aromatic nitrogens is 1. The van der Waals surface area contributed by atoms with Gasteiger partial charge in [-0.1, -0.05) is 5.16 Å². The second-order valence-electron chi connectivity index (χ2n) is 5.67. The second-order valence-corrected chi connectivity index (χ2v) is 5.67.